The van der Waals surface area contributed by atoms with E-state index in [0.29, 0.717) is 0 Å². The van der Waals surface area contributed by atoms with Crippen molar-refractivity contribution in [3.05, 3.63) is 60.4 Å². The molecule has 1 aromatic heterocycles. The van der Waals surface area contributed by atoms with Gasteiger partial charge in [-0.05, 0) is 17.7 Å². The van der Waals surface area contributed by atoms with Crippen LogP contribution in [-0.2, 0) is 0 Å². The van der Waals surface area contributed by atoms with Crippen LogP contribution in [0.15, 0.2) is 60.0 Å². The fourth-order valence-electron chi connectivity index (χ4n) is 1.97. The average Bonchev–Trinajstić information content (AvgIpc) is 3.01. The van der Waals surface area contributed by atoms with Gasteiger partial charge in [0.15, 0.2) is 0 Å². The van der Waals surface area contributed by atoms with Gasteiger partial charge in [-0.2, -0.15) is 5.10 Å². The van der Waals surface area contributed by atoms with Gasteiger partial charge in [0, 0.05) is 18.8 Å². The van der Waals surface area contributed by atoms with Crippen LogP contribution in [0.4, 0.5) is 0 Å². The summed E-state index contributed by atoms with van der Waals surface area (Å²) in [6, 6.07) is 14.4. The van der Waals surface area contributed by atoms with Crippen molar-refractivity contribution in [2.75, 3.05) is 0 Å². The molecule has 0 saturated carbocycles. The van der Waals surface area contributed by atoms with E-state index in [1.165, 1.54) is 5.56 Å². The van der Waals surface area contributed by atoms with Crippen molar-refractivity contribution >= 4 is 5.71 Å². The lowest BCUT2D eigenvalue weighted by Gasteiger charge is -2.11. The summed E-state index contributed by atoms with van der Waals surface area (Å²) in [4.78, 5) is 0. The molecule has 3 heteroatoms. The SMILES string of the molecule is c1ccc(C2=NNC(n3cccc3)C2)cc1. The molecule has 2 heterocycles. The highest BCUT2D eigenvalue weighted by molar-refractivity contribution is 6.01. The molecule has 3 nitrogen and oxygen atoms in total. The van der Waals surface area contributed by atoms with Gasteiger partial charge in [0.05, 0.1) is 5.71 Å². The van der Waals surface area contributed by atoms with E-state index in [1.807, 2.05) is 30.3 Å². The van der Waals surface area contributed by atoms with Gasteiger partial charge in [0.1, 0.15) is 6.17 Å². The second kappa shape index (κ2) is 3.85. The molecule has 0 spiro atoms. The van der Waals surface area contributed by atoms with Gasteiger partial charge in [-0.15, -0.1) is 0 Å². The van der Waals surface area contributed by atoms with Gasteiger partial charge >= 0.3 is 0 Å². The van der Waals surface area contributed by atoms with Crippen molar-refractivity contribution in [3.63, 3.8) is 0 Å². The van der Waals surface area contributed by atoms with E-state index >= 15 is 0 Å². The Morgan fingerprint density at radius 3 is 2.56 bits per heavy atom. The third-order valence-corrected chi connectivity index (χ3v) is 2.83. The van der Waals surface area contributed by atoms with Crippen LogP contribution in [0.3, 0.4) is 0 Å². The third-order valence-electron chi connectivity index (χ3n) is 2.83. The van der Waals surface area contributed by atoms with Crippen LogP contribution in [0.1, 0.15) is 18.2 Å². The van der Waals surface area contributed by atoms with Crippen molar-refractivity contribution in [3.8, 4) is 0 Å². The number of nitrogens with zero attached hydrogens (tertiary/aromatic N) is 2. The topological polar surface area (TPSA) is 29.3 Å². The highest BCUT2D eigenvalue weighted by Gasteiger charge is 2.19. The lowest BCUT2D eigenvalue weighted by atomic mass is 10.1. The van der Waals surface area contributed by atoms with Crippen molar-refractivity contribution in [1.82, 2.24) is 9.99 Å². The molecule has 0 aliphatic carbocycles. The van der Waals surface area contributed by atoms with Crippen LogP contribution >= 0.6 is 0 Å². The molecule has 1 atom stereocenters. The zero-order valence-electron chi connectivity index (χ0n) is 8.88. The molecule has 16 heavy (non-hydrogen) atoms. The van der Waals surface area contributed by atoms with E-state index in [1.54, 1.807) is 0 Å². The Balaban J connectivity index is 1.78. The third kappa shape index (κ3) is 1.60. The van der Waals surface area contributed by atoms with Crippen LogP contribution in [0.25, 0.3) is 0 Å². The first kappa shape index (κ1) is 9.21. The molecule has 1 aliphatic heterocycles. The Kier molecular flexibility index (Phi) is 2.22. The van der Waals surface area contributed by atoms with E-state index in [-0.39, 0.29) is 6.17 Å². The molecule has 0 amide bonds. The molecule has 1 N–H and O–H groups in total. The molecule has 0 fully saturated rings. The Bertz CT molecular complexity index is 485. The minimum absolute atomic E-state index is 0.255. The van der Waals surface area contributed by atoms with Gasteiger partial charge in [0.25, 0.3) is 0 Å². The number of hydrogen-bond acceptors (Lipinski definition) is 2. The fraction of sp³-hybridized carbons (Fsp3) is 0.154. The van der Waals surface area contributed by atoms with Crippen LogP contribution in [0, 0.1) is 0 Å². The molecule has 80 valence electrons. The number of aromatic nitrogens is 1. The first-order valence-electron chi connectivity index (χ1n) is 5.43. The first-order chi connectivity index (χ1) is 7.93. The molecule has 0 saturated heterocycles. The Hall–Kier alpha value is -2.03. The number of rotatable bonds is 2. The lowest BCUT2D eigenvalue weighted by molar-refractivity contribution is 0.458. The van der Waals surface area contributed by atoms with Crippen molar-refractivity contribution in [2.45, 2.75) is 12.6 Å². The highest BCUT2D eigenvalue weighted by Crippen LogP contribution is 2.18. The minimum Gasteiger partial charge on any atom is -0.332 e. The first-order valence-corrected chi connectivity index (χ1v) is 5.43. The van der Waals surface area contributed by atoms with Gasteiger partial charge in [-0.3, -0.25) is 5.43 Å². The van der Waals surface area contributed by atoms with Gasteiger partial charge in [-0.25, -0.2) is 0 Å². The second-order valence-electron chi connectivity index (χ2n) is 3.90. The molecule has 1 aliphatic rings. The fourth-order valence-corrected chi connectivity index (χ4v) is 1.97. The summed E-state index contributed by atoms with van der Waals surface area (Å²) in [6.07, 6.45) is 5.30. The summed E-state index contributed by atoms with van der Waals surface area (Å²) in [5.41, 5.74) is 5.48. The quantitative estimate of drug-likeness (QED) is 0.812. The van der Waals surface area contributed by atoms with Crippen molar-refractivity contribution < 1.29 is 0 Å². The molecule has 0 bridgehead atoms. The van der Waals surface area contributed by atoms with Gasteiger partial charge in [0.2, 0.25) is 0 Å². The monoisotopic (exact) mass is 211 g/mol. The largest absolute Gasteiger partial charge is 0.332 e. The zero-order valence-corrected chi connectivity index (χ0v) is 8.88. The molecular formula is C13H13N3. The molecular weight excluding hydrogens is 198 g/mol. The molecule has 2 aromatic rings. The highest BCUT2D eigenvalue weighted by atomic mass is 15.4. The maximum absolute atomic E-state index is 4.39. The van der Waals surface area contributed by atoms with Gasteiger partial charge in [-0.1, -0.05) is 30.3 Å². The summed E-state index contributed by atoms with van der Waals surface area (Å²) in [6.45, 7) is 0. The van der Waals surface area contributed by atoms with Crippen molar-refractivity contribution in [1.29, 1.82) is 0 Å². The smallest absolute Gasteiger partial charge is 0.124 e. The Morgan fingerprint density at radius 2 is 1.81 bits per heavy atom. The van der Waals surface area contributed by atoms with Crippen LogP contribution in [0.5, 0.6) is 0 Å². The van der Waals surface area contributed by atoms with E-state index in [4.69, 9.17) is 0 Å². The van der Waals surface area contributed by atoms with Crippen molar-refractivity contribution in [2.24, 2.45) is 5.10 Å². The molecule has 3 rings (SSSR count). The average molecular weight is 211 g/mol. The zero-order chi connectivity index (χ0) is 10.8. The van der Waals surface area contributed by atoms with E-state index < -0.39 is 0 Å². The minimum atomic E-state index is 0.255. The van der Waals surface area contributed by atoms with Gasteiger partial charge < -0.3 is 4.57 Å². The summed E-state index contributed by atoms with van der Waals surface area (Å²) >= 11 is 0. The molecule has 0 radical (unpaired) electrons. The lowest BCUT2D eigenvalue weighted by Crippen LogP contribution is -2.16. The Labute approximate surface area is 94.4 Å². The number of benzene rings is 1. The molecule has 1 aromatic carbocycles. The predicted molar refractivity (Wildman–Crippen MR) is 64.2 cm³/mol. The summed E-state index contributed by atoms with van der Waals surface area (Å²) in [5.74, 6) is 0. The van der Waals surface area contributed by atoms with Crippen LogP contribution in [-0.4, -0.2) is 10.3 Å². The van der Waals surface area contributed by atoms with E-state index in [9.17, 15) is 0 Å². The summed E-state index contributed by atoms with van der Waals surface area (Å²) < 4.78 is 2.14. The summed E-state index contributed by atoms with van der Waals surface area (Å²) in [7, 11) is 0. The summed E-state index contributed by atoms with van der Waals surface area (Å²) in [5, 5.41) is 4.39. The maximum atomic E-state index is 4.39. The standard InChI is InChI=1S/C13H13N3/c1-2-6-11(7-3-1)12-10-13(15-14-12)16-8-4-5-9-16/h1-9,13,15H,10H2. The maximum Gasteiger partial charge on any atom is 0.124 e. The van der Waals surface area contributed by atoms with Crippen LogP contribution < -0.4 is 5.43 Å². The normalized spacial score (nSPS) is 19.2. The number of hydrazone groups is 1. The predicted octanol–water partition coefficient (Wildman–Crippen LogP) is 2.38. The Morgan fingerprint density at radius 1 is 1.06 bits per heavy atom. The van der Waals surface area contributed by atoms with E-state index in [2.05, 4.69) is 39.6 Å². The number of hydrogen-bond donors (Lipinski definition) is 1. The second-order valence-corrected chi connectivity index (χ2v) is 3.90. The molecule has 1 unspecified atom stereocenters. The van der Waals surface area contributed by atoms with Crippen LogP contribution in [0.2, 0.25) is 0 Å². The van der Waals surface area contributed by atoms with E-state index in [0.717, 1.165) is 12.1 Å². The number of nitrogens with one attached hydrogen (secondary N) is 1.